The van der Waals surface area contributed by atoms with E-state index in [0.717, 1.165) is 12.8 Å². The minimum absolute atomic E-state index is 0.0505. The molecule has 0 bridgehead atoms. The van der Waals surface area contributed by atoms with Crippen LogP contribution in [-0.2, 0) is 10.0 Å². The summed E-state index contributed by atoms with van der Waals surface area (Å²) in [4.78, 5) is 12.2. The Kier molecular flexibility index (Phi) is 4.51. The minimum Gasteiger partial charge on any atom is -0.322 e. The third-order valence-corrected chi connectivity index (χ3v) is 5.20. The second-order valence-electron chi connectivity index (χ2n) is 5.80. The SMILES string of the molecule is CS(=O)(=O)N(c1ccc(NC(=O)c2ccc(Cl)cc2)cc1)C1CC1. The summed E-state index contributed by atoms with van der Waals surface area (Å²) >= 11 is 5.81. The van der Waals surface area contributed by atoms with E-state index < -0.39 is 10.0 Å². The van der Waals surface area contributed by atoms with Crippen molar-refractivity contribution in [3.63, 3.8) is 0 Å². The number of nitrogens with zero attached hydrogens (tertiary/aromatic N) is 1. The van der Waals surface area contributed by atoms with E-state index in [1.807, 2.05) is 0 Å². The molecule has 0 atom stereocenters. The molecular weight excluding hydrogens is 348 g/mol. The van der Waals surface area contributed by atoms with Gasteiger partial charge in [0.05, 0.1) is 11.9 Å². The first kappa shape index (κ1) is 16.8. The zero-order valence-electron chi connectivity index (χ0n) is 13.1. The third-order valence-electron chi connectivity index (χ3n) is 3.72. The maximum absolute atomic E-state index is 12.2. The van der Waals surface area contributed by atoms with Crippen LogP contribution in [0.2, 0.25) is 5.02 Å². The summed E-state index contributed by atoms with van der Waals surface area (Å²) in [6.07, 6.45) is 2.96. The molecule has 0 saturated heterocycles. The van der Waals surface area contributed by atoms with Crippen LogP contribution >= 0.6 is 11.6 Å². The first-order valence-corrected chi connectivity index (χ1v) is 9.73. The van der Waals surface area contributed by atoms with Crippen molar-refractivity contribution in [1.82, 2.24) is 0 Å². The molecular formula is C17H17ClN2O3S. The highest BCUT2D eigenvalue weighted by molar-refractivity contribution is 7.92. The molecule has 0 spiro atoms. The van der Waals surface area contributed by atoms with Gasteiger partial charge < -0.3 is 5.32 Å². The Morgan fingerprint density at radius 3 is 2.17 bits per heavy atom. The Morgan fingerprint density at radius 1 is 1.08 bits per heavy atom. The van der Waals surface area contributed by atoms with E-state index in [1.165, 1.54) is 10.6 Å². The fraction of sp³-hybridized carbons (Fsp3) is 0.235. The standard InChI is InChI=1S/C17H17ClN2O3S/c1-24(22,23)20(16-10-11-16)15-8-6-14(7-9-15)19-17(21)12-2-4-13(18)5-3-12/h2-9,16H,10-11H2,1H3,(H,19,21). The summed E-state index contributed by atoms with van der Waals surface area (Å²) in [6.45, 7) is 0. The highest BCUT2D eigenvalue weighted by Gasteiger charge is 2.35. The predicted molar refractivity (Wildman–Crippen MR) is 96.2 cm³/mol. The van der Waals surface area contributed by atoms with Crippen molar-refractivity contribution in [3.8, 4) is 0 Å². The van der Waals surface area contributed by atoms with Crippen LogP contribution < -0.4 is 9.62 Å². The monoisotopic (exact) mass is 364 g/mol. The molecule has 0 aliphatic heterocycles. The van der Waals surface area contributed by atoms with Crippen molar-refractivity contribution in [2.24, 2.45) is 0 Å². The number of carbonyl (C=O) groups excluding carboxylic acids is 1. The Labute approximate surface area is 146 Å². The van der Waals surface area contributed by atoms with Crippen molar-refractivity contribution in [3.05, 3.63) is 59.1 Å². The van der Waals surface area contributed by atoms with E-state index in [4.69, 9.17) is 11.6 Å². The molecule has 24 heavy (non-hydrogen) atoms. The minimum atomic E-state index is -3.30. The fourth-order valence-electron chi connectivity index (χ4n) is 2.48. The Balaban J connectivity index is 1.74. The lowest BCUT2D eigenvalue weighted by Crippen LogP contribution is -2.31. The summed E-state index contributed by atoms with van der Waals surface area (Å²) in [5, 5.41) is 3.34. The zero-order valence-corrected chi connectivity index (χ0v) is 14.6. The van der Waals surface area contributed by atoms with Crippen molar-refractivity contribution < 1.29 is 13.2 Å². The second-order valence-corrected chi connectivity index (χ2v) is 8.09. The van der Waals surface area contributed by atoms with Crippen LogP contribution in [0.1, 0.15) is 23.2 Å². The van der Waals surface area contributed by atoms with Crippen LogP contribution in [0.15, 0.2) is 48.5 Å². The normalized spacial score (nSPS) is 14.2. The van der Waals surface area contributed by atoms with E-state index >= 15 is 0 Å². The van der Waals surface area contributed by atoms with Gasteiger partial charge in [-0.1, -0.05) is 11.6 Å². The molecule has 1 amide bonds. The number of nitrogens with one attached hydrogen (secondary N) is 1. The Morgan fingerprint density at radius 2 is 1.67 bits per heavy atom. The van der Waals surface area contributed by atoms with Crippen LogP contribution in [0, 0.1) is 0 Å². The first-order valence-electron chi connectivity index (χ1n) is 7.51. The lowest BCUT2D eigenvalue weighted by Gasteiger charge is -2.22. The molecule has 1 N–H and O–H groups in total. The molecule has 0 unspecified atom stereocenters. The third kappa shape index (κ3) is 3.88. The number of amides is 1. The van der Waals surface area contributed by atoms with Crippen molar-refractivity contribution in [2.75, 3.05) is 15.9 Å². The molecule has 126 valence electrons. The van der Waals surface area contributed by atoms with Crippen LogP contribution in [0.4, 0.5) is 11.4 Å². The predicted octanol–water partition coefficient (Wildman–Crippen LogP) is 3.52. The number of rotatable bonds is 5. The highest BCUT2D eigenvalue weighted by Crippen LogP contribution is 2.34. The Bertz CT molecular complexity index is 844. The molecule has 0 radical (unpaired) electrons. The molecule has 2 aromatic carbocycles. The first-order chi connectivity index (χ1) is 11.3. The number of hydrogen-bond acceptors (Lipinski definition) is 3. The van der Waals surface area contributed by atoms with E-state index in [9.17, 15) is 13.2 Å². The summed E-state index contributed by atoms with van der Waals surface area (Å²) in [5.41, 5.74) is 1.71. The van der Waals surface area contributed by atoms with E-state index in [0.29, 0.717) is 22.0 Å². The molecule has 7 heteroatoms. The van der Waals surface area contributed by atoms with Gasteiger partial charge in [-0.3, -0.25) is 9.10 Å². The second kappa shape index (κ2) is 6.45. The topological polar surface area (TPSA) is 66.5 Å². The maximum Gasteiger partial charge on any atom is 0.255 e. The molecule has 1 fully saturated rings. The molecule has 3 rings (SSSR count). The van der Waals surface area contributed by atoms with Gasteiger partial charge in [0.1, 0.15) is 0 Å². The quantitative estimate of drug-likeness (QED) is 0.882. The molecule has 2 aromatic rings. The van der Waals surface area contributed by atoms with Gasteiger partial charge in [0.15, 0.2) is 0 Å². The van der Waals surface area contributed by atoms with Gasteiger partial charge >= 0.3 is 0 Å². The molecule has 0 heterocycles. The molecule has 5 nitrogen and oxygen atoms in total. The van der Waals surface area contributed by atoms with Crippen molar-refractivity contribution in [2.45, 2.75) is 18.9 Å². The van der Waals surface area contributed by atoms with Gasteiger partial charge in [0, 0.05) is 22.3 Å². The van der Waals surface area contributed by atoms with Gasteiger partial charge in [-0.25, -0.2) is 8.42 Å². The average molecular weight is 365 g/mol. The summed E-state index contributed by atoms with van der Waals surface area (Å²) in [5.74, 6) is -0.249. The van der Waals surface area contributed by atoms with Crippen molar-refractivity contribution >= 4 is 38.9 Å². The van der Waals surface area contributed by atoms with Gasteiger partial charge in [0.2, 0.25) is 10.0 Å². The van der Waals surface area contributed by atoms with Crippen LogP contribution in [0.3, 0.4) is 0 Å². The number of sulfonamides is 1. The fourth-order valence-corrected chi connectivity index (χ4v) is 3.86. The van der Waals surface area contributed by atoms with Crippen LogP contribution in [0.25, 0.3) is 0 Å². The summed E-state index contributed by atoms with van der Waals surface area (Å²) < 4.78 is 25.3. The number of benzene rings is 2. The average Bonchev–Trinajstić information content (AvgIpc) is 3.33. The number of hydrogen-bond donors (Lipinski definition) is 1. The summed E-state index contributed by atoms with van der Waals surface area (Å²) in [7, 11) is -3.30. The lowest BCUT2D eigenvalue weighted by molar-refractivity contribution is 0.102. The van der Waals surface area contributed by atoms with Crippen molar-refractivity contribution in [1.29, 1.82) is 0 Å². The van der Waals surface area contributed by atoms with E-state index in [-0.39, 0.29) is 11.9 Å². The number of carbonyl (C=O) groups is 1. The molecule has 1 aliphatic rings. The van der Waals surface area contributed by atoms with Gasteiger partial charge in [-0.05, 0) is 61.4 Å². The number of anilines is 2. The Hall–Kier alpha value is -2.05. The van der Waals surface area contributed by atoms with Crippen LogP contribution in [0.5, 0.6) is 0 Å². The smallest absolute Gasteiger partial charge is 0.255 e. The molecule has 1 aliphatic carbocycles. The van der Waals surface area contributed by atoms with E-state index in [1.54, 1.807) is 48.5 Å². The molecule has 0 aromatic heterocycles. The number of halogens is 1. The van der Waals surface area contributed by atoms with E-state index in [2.05, 4.69) is 5.32 Å². The molecule has 1 saturated carbocycles. The maximum atomic E-state index is 12.2. The zero-order chi connectivity index (χ0) is 17.3. The van der Waals surface area contributed by atoms with Gasteiger partial charge in [0.25, 0.3) is 5.91 Å². The summed E-state index contributed by atoms with van der Waals surface area (Å²) in [6, 6.07) is 13.4. The highest BCUT2D eigenvalue weighted by atomic mass is 35.5. The largest absolute Gasteiger partial charge is 0.322 e. The van der Waals surface area contributed by atoms with Gasteiger partial charge in [-0.15, -0.1) is 0 Å². The lowest BCUT2D eigenvalue weighted by atomic mass is 10.2. The van der Waals surface area contributed by atoms with Gasteiger partial charge in [-0.2, -0.15) is 0 Å². The van der Waals surface area contributed by atoms with Crippen LogP contribution in [-0.4, -0.2) is 26.6 Å².